The van der Waals surface area contributed by atoms with Crippen LogP contribution in [0.15, 0.2) is 36.5 Å². The first-order valence-electron chi connectivity index (χ1n) is 9.31. The molecule has 2 amide bonds. The van der Waals surface area contributed by atoms with Gasteiger partial charge in [-0.05, 0) is 49.6 Å². The quantitative estimate of drug-likeness (QED) is 0.852. The number of nitrogens with zero attached hydrogens (tertiary/aromatic N) is 2. The molecule has 1 aromatic heterocycles. The maximum atomic E-state index is 12.5. The van der Waals surface area contributed by atoms with E-state index in [0.717, 1.165) is 23.2 Å². The zero-order valence-corrected chi connectivity index (χ0v) is 16.0. The van der Waals surface area contributed by atoms with Crippen LogP contribution in [0.4, 0.5) is 5.69 Å². The molecule has 0 aliphatic carbocycles. The van der Waals surface area contributed by atoms with Gasteiger partial charge in [-0.1, -0.05) is 13.0 Å². The van der Waals surface area contributed by atoms with Crippen LogP contribution in [-0.4, -0.2) is 29.4 Å². The molecule has 0 spiro atoms. The highest BCUT2D eigenvalue weighted by Crippen LogP contribution is 2.29. The van der Waals surface area contributed by atoms with Gasteiger partial charge in [0.2, 0.25) is 11.8 Å². The predicted octanol–water partition coefficient (Wildman–Crippen LogP) is 3.10. The summed E-state index contributed by atoms with van der Waals surface area (Å²) in [6.07, 6.45) is 3.04. The van der Waals surface area contributed by atoms with Crippen molar-refractivity contribution in [3.05, 3.63) is 53.2 Å². The van der Waals surface area contributed by atoms with Crippen molar-refractivity contribution in [2.45, 2.75) is 46.3 Å². The van der Waals surface area contributed by atoms with Crippen LogP contribution >= 0.6 is 0 Å². The molecule has 0 saturated heterocycles. The molecule has 142 valence electrons. The van der Waals surface area contributed by atoms with Crippen LogP contribution in [0.3, 0.4) is 0 Å². The second-order valence-corrected chi connectivity index (χ2v) is 6.85. The molecular weight excluding hydrogens is 342 g/mol. The van der Waals surface area contributed by atoms with E-state index in [1.165, 1.54) is 0 Å². The van der Waals surface area contributed by atoms with Crippen molar-refractivity contribution < 1.29 is 14.3 Å². The second kappa shape index (κ2) is 8.20. The van der Waals surface area contributed by atoms with Gasteiger partial charge in [0.25, 0.3) is 5.91 Å². The summed E-state index contributed by atoms with van der Waals surface area (Å²) >= 11 is 0. The average Bonchev–Trinajstić information content (AvgIpc) is 3.09. The van der Waals surface area contributed by atoms with Crippen molar-refractivity contribution in [3.63, 3.8) is 0 Å². The zero-order chi connectivity index (χ0) is 19.4. The van der Waals surface area contributed by atoms with Gasteiger partial charge in [0, 0.05) is 43.0 Å². The Hall–Kier alpha value is -2.89. The van der Waals surface area contributed by atoms with Crippen LogP contribution in [0, 0.1) is 0 Å². The molecular formula is C21H25N3O3. The first-order chi connectivity index (χ1) is 13.0. The summed E-state index contributed by atoms with van der Waals surface area (Å²) < 4.78 is 5.51. The Bertz CT molecular complexity index is 831. The van der Waals surface area contributed by atoms with Crippen LogP contribution < -0.4 is 15.0 Å². The van der Waals surface area contributed by atoms with E-state index in [9.17, 15) is 9.59 Å². The second-order valence-electron chi connectivity index (χ2n) is 6.85. The van der Waals surface area contributed by atoms with Crippen LogP contribution in [0.25, 0.3) is 0 Å². The number of fused-ring (bicyclic) bond motifs is 1. The Balaban J connectivity index is 1.61. The monoisotopic (exact) mass is 367 g/mol. The van der Waals surface area contributed by atoms with Crippen molar-refractivity contribution >= 4 is 17.5 Å². The molecule has 0 bridgehead atoms. The Morgan fingerprint density at radius 3 is 2.74 bits per heavy atom. The third-order valence-electron chi connectivity index (χ3n) is 4.45. The average molecular weight is 367 g/mol. The lowest BCUT2D eigenvalue weighted by atomic mass is 10.1. The Morgan fingerprint density at radius 2 is 2.07 bits per heavy atom. The summed E-state index contributed by atoms with van der Waals surface area (Å²) in [5.74, 6) is 0.550. The van der Waals surface area contributed by atoms with Gasteiger partial charge in [-0.15, -0.1) is 0 Å². The molecule has 1 aliphatic heterocycles. The molecule has 2 aromatic rings. The summed E-state index contributed by atoms with van der Waals surface area (Å²) in [6.45, 7) is 6.83. The lowest BCUT2D eigenvalue weighted by Crippen LogP contribution is -2.27. The fraction of sp³-hybridized carbons (Fsp3) is 0.381. The van der Waals surface area contributed by atoms with Crippen molar-refractivity contribution in [3.8, 4) is 5.88 Å². The Kier molecular flexibility index (Phi) is 5.74. The molecule has 6 heteroatoms. The fourth-order valence-corrected chi connectivity index (χ4v) is 3.10. The van der Waals surface area contributed by atoms with Gasteiger partial charge >= 0.3 is 0 Å². The van der Waals surface area contributed by atoms with Gasteiger partial charge in [0.05, 0.1) is 6.10 Å². The van der Waals surface area contributed by atoms with E-state index < -0.39 is 0 Å². The van der Waals surface area contributed by atoms with Gasteiger partial charge in [-0.2, -0.15) is 0 Å². The smallest absolute Gasteiger partial charge is 0.251 e. The largest absolute Gasteiger partial charge is 0.475 e. The molecule has 1 aromatic carbocycles. The summed E-state index contributed by atoms with van der Waals surface area (Å²) in [5, 5.41) is 2.91. The molecule has 1 aliphatic rings. The third kappa shape index (κ3) is 4.45. The van der Waals surface area contributed by atoms with Crippen molar-refractivity contribution in [2.24, 2.45) is 0 Å². The van der Waals surface area contributed by atoms with E-state index in [0.29, 0.717) is 31.0 Å². The minimum Gasteiger partial charge on any atom is -0.475 e. The zero-order valence-electron chi connectivity index (χ0n) is 16.0. The van der Waals surface area contributed by atoms with Crippen molar-refractivity contribution in [1.82, 2.24) is 10.3 Å². The lowest BCUT2D eigenvalue weighted by Gasteiger charge is -2.16. The molecule has 27 heavy (non-hydrogen) atoms. The SMILES string of the molecule is CCC(=O)N1CCc2cc(C(=O)NCc3ccc(OC(C)C)nc3)ccc21. The molecule has 0 atom stereocenters. The van der Waals surface area contributed by atoms with E-state index in [2.05, 4.69) is 10.3 Å². The molecule has 0 fully saturated rings. The van der Waals surface area contributed by atoms with Gasteiger partial charge in [-0.3, -0.25) is 9.59 Å². The predicted molar refractivity (Wildman–Crippen MR) is 104 cm³/mol. The number of pyridine rings is 1. The Morgan fingerprint density at radius 1 is 1.26 bits per heavy atom. The molecule has 0 unspecified atom stereocenters. The highest BCUT2D eigenvalue weighted by atomic mass is 16.5. The molecule has 1 N–H and O–H groups in total. The summed E-state index contributed by atoms with van der Waals surface area (Å²) in [5.41, 5.74) is 3.47. The van der Waals surface area contributed by atoms with E-state index in [-0.39, 0.29) is 17.9 Å². The maximum absolute atomic E-state index is 12.5. The number of rotatable bonds is 6. The molecule has 6 nitrogen and oxygen atoms in total. The van der Waals surface area contributed by atoms with E-state index >= 15 is 0 Å². The highest BCUT2D eigenvalue weighted by molar-refractivity contribution is 5.98. The van der Waals surface area contributed by atoms with Crippen LogP contribution in [0.5, 0.6) is 5.88 Å². The van der Waals surface area contributed by atoms with Gasteiger partial charge < -0.3 is 15.0 Å². The first kappa shape index (κ1) is 18.9. The topological polar surface area (TPSA) is 71.5 Å². The number of carbonyl (C=O) groups excluding carboxylic acids is 2. The first-order valence-corrected chi connectivity index (χ1v) is 9.31. The number of nitrogens with one attached hydrogen (secondary N) is 1. The molecule has 3 rings (SSSR count). The Labute approximate surface area is 159 Å². The van der Waals surface area contributed by atoms with E-state index in [1.807, 2.05) is 39.0 Å². The normalized spacial score (nSPS) is 12.8. The third-order valence-corrected chi connectivity index (χ3v) is 4.45. The van der Waals surface area contributed by atoms with Gasteiger partial charge in [0.1, 0.15) is 0 Å². The van der Waals surface area contributed by atoms with E-state index in [4.69, 9.17) is 4.74 Å². The highest BCUT2D eigenvalue weighted by Gasteiger charge is 2.24. The standard InChI is InChI=1S/C21H25N3O3/c1-4-20(25)24-10-9-16-11-17(6-7-18(16)24)21(26)23-13-15-5-8-19(22-12-15)27-14(2)3/h5-8,11-12,14H,4,9-10,13H2,1-3H3,(H,23,26). The minimum absolute atomic E-state index is 0.0754. The number of anilines is 1. The molecule has 2 heterocycles. The van der Waals surface area contributed by atoms with Gasteiger partial charge in [0.15, 0.2) is 0 Å². The van der Waals surface area contributed by atoms with E-state index in [1.54, 1.807) is 23.2 Å². The molecule has 0 radical (unpaired) electrons. The number of hydrogen-bond donors (Lipinski definition) is 1. The number of carbonyl (C=O) groups is 2. The maximum Gasteiger partial charge on any atom is 0.251 e. The van der Waals surface area contributed by atoms with Gasteiger partial charge in [-0.25, -0.2) is 4.98 Å². The summed E-state index contributed by atoms with van der Waals surface area (Å²) in [7, 11) is 0. The van der Waals surface area contributed by atoms with Crippen molar-refractivity contribution in [2.75, 3.05) is 11.4 Å². The number of ether oxygens (including phenoxy) is 1. The molecule has 0 saturated carbocycles. The lowest BCUT2D eigenvalue weighted by molar-refractivity contribution is -0.118. The number of aromatic nitrogens is 1. The number of benzene rings is 1. The minimum atomic E-state index is -0.138. The van der Waals surface area contributed by atoms with Crippen LogP contribution in [-0.2, 0) is 17.8 Å². The van der Waals surface area contributed by atoms with Crippen LogP contribution in [0.2, 0.25) is 0 Å². The number of amides is 2. The summed E-state index contributed by atoms with van der Waals surface area (Å²) in [6, 6.07) is 9.21. The summed E-state index contributed by atoms with van der Waals surface area (Å²) in [4.78, 5) is 30.5. The van der Waals surface area contributed by atoms with Crippen LogP contribution in [0.1, 0.15) is 48.7 Å². The number of hydrogen-bond acceptors (Lipinski definition) is 4. The fourth-order valence-electron chi connectivity index (χ4n) is 3.10. The van der Waals surface area contributed by atoms with Crippen molar-refractivity contribution in [1.29, 1.82) is 0 Å².